The van der Waals surface area contributed by atoms with E-state index in [1.165, 1.54) is 5.56 Å². The van der Waals surface area contributed by atoms with E-state index in [0.717, 1.165) is 42.0 Å². The predicted molar refractivity (Wildman–Crippen MR) is 82.5 cm³/mol. The largest absolute Gasteiger partial charge is 0.347 e. The molecule has 0 saturated carbocycles. The van der Waals surface area contributed by atoms with Crippen LogP contribution in [0.5, 0.6) is 0 Å². The number of rotatable bonds is 2. The second-order valence-electron chi connectivity index (χ2n) is 5.98. The first-order valence-electron chi connectivity index (χ1n) is 7.43. The maximum atomic E-state index is 12.4. The summed E-state index contributed by atoms with van der Waals surface area (Å²) in [5.74, 6) is 1.15. The Morgan fingerprint density at radius 1 is 1.33 bits per heavy atom. The molecule has 0 bridgehead atoms. The normalized spacial score (nSPS) is 17.4. The monoisotopic (exact) mass is 283 g/mol. The molecule has 1 aromatic heterocycles. The van der Waals surface area contributed by atoms with Gasteiger partial charge in [0.1, 0.15) is 5.82 Å². The van der Waals surface area contributed by atoms with Crippen LogP contribution >= 0.6 is 0 Å². The van der Waals surface area contributed by atoms with E-state index in [2.05, 4.69) is 21.1 Å². The van der Waals surface area contributed by atoms with Crippen LogP contribution in [0, 0.1) is 20.8 Å². The van der Waals surface area contributed by atoms with Gasteiger partial charge in [0.05, 0.1) is 5.69 Å². The summed E-state index contributed by atoms with van der Waals surface area (Å²) in [5.41, 5.74) is 4.03. The second-order valence-corrected chi connectivity index (χ2v) is 5.98. The Kier molecular flexibility index (Phi) is 3.53. The maximum absolute atomic E-state index is 12.4. The van der Waals surface area contributed by atoms with E-state index < -0.39 is 0 Å². The maximum Gasteiger partial charge on any atom is 0.251 e. The van der Waals surface area contributed by atoms with Crippen molar-refractivity contribution in [1.29, 1.82) is 0 Å². The Balaban J connectivity index is 1.71. The van der Waals surface area contributed by atoms with Crippen LogP contribution in [0.2, 0.25) is 0 Å². The molecule has 4 heteroatoms. The van der Waals surface area contributed by atoms with Gasteiger partial charge in [0.15, 0.2) is 0 Å². The molecular weight excluding hydrogens is 262 g/mol. The number of nitrogens with zero attached hydrogens (tertiary/aromatic N) is 2. The van der Waals surface area contributed by atoms with Crippen molar-refractivity contribution in [2.75, 3.05) is 0 Å². The molecule has 21 heavy (non-hydrogen) atoms. The quantitative estimate of drug-likeness (QED) is 0.920. The number of aryl methyl sites for hydroxylation is 4. The molecule has 0 spiro atoms. The summed E-state index contributed by atoms with van der Waals surface area (Å²) < 4.78 is 2.16. The van der Waals surface area contributed by atoms with E-state index >= 15 is 0 Å². The first-order chi connectivity index (χ1) is 10.0. The zero-order chi connectivity index (χ0) is 15.0. The van der Waals surface area contributed by atoms with Gasteiger partial charge >= 0.3 is 0 Å². The number of imidazole rings is 1. The van der Waals surface area contributed by atoms with Crippen molar-refractivity contribution in [3.8, 4) is 0 Å². The van der Waals surface area contributed by atoms with E-state index in [1.54, 1.807) is 0 Å². The van der Waals surface area contributed by atoms with Gasteiger partial charge in [0, 0.05) is 30.8 Å². The standard InChI is InChI=1S/C17H21N3O/c1-11-4-6-15(12(2)8-11)17(21)19-14-5-7-16-18-13(3)9-20(16)10-14/h4,6,8-9,14H,5,7,10H2,1-3H3,(H,19,21)/t14-/m0/s1. The number of hydrogen-bond donors (Lipinski definition) is 1. The molecule has 0 saturated heterocycles. The fourth-order valence-corrected chi connectivity index (χ4v) is 3.04. The van der Waals surface area contributed by atoms with Crippen molar-refractivity contribution in [2.45, 2.75) is 46.2 Å². The van der Waals surface area contributed by atoms with Crippen molar-refractivity contribution < 1.29 is 4.79 Å². The average molecular weight is 283 g/mol. The molecule has 1 aliphatic heterocycles. The highest BCUT2D eigenvalue weighted by Crippen LogP contribution is 2.16. The van der Waals surface area contributed by atoms with E-state index in [4.69, 9.17) is 0 Å². The Morgan fingerprint density at radius 3 is 2.90 bits per heavy atom. The molecule has 110 valence electrons. The van der Waals surface area contributed by atoms with Gasteiger partial charge < -0.3 is 9.88 Å². The fraction of sp³-hybridized carbons (Fsp3) is 0.412. The molecule has 0 fully saturated rings. The van der Waals surface area contributed by atoms with Gasteiger partial charge in [-0.05, 0) is 38.8 Å². The zero-order valence-electron chi connectivity index (χ0n) is 12.8. The Bertz CT molecular complexity index is 687. The third-order valence-electron chi connectivity index (χ3n) is 4.07. The minimum absolute atomic E-state index is 0.0257. The third-order valence-corrected chi connectivity index (χ3v) is 4.07. The van der Waals surface area contributed by atoms with Crippen molar-refractivity contribution in [1.82, 2.24) is 14.9 Å². The minimum Gasteiger partial charge on any atom is -0.347 e. The Hall–Kier alpha value is -2.10. The summed E-state index contributed by atoms with van der Waals surface area (Å²) in [6, 6.07) is 6.13. The van der Waals surface area contributed by atoms with Crippen LogP contribution in [-0.2, 0) is 13.0 Å². The number of hydrogen-bond acceptors (Lipinski definition) is 2. The van der Waals surface area contributed by atoms with Gasteiger partial charge in [-0.25, -0.2) is 4.98 Å². The summed E-state index contributed by atoms with van der Waals surface area (Å²) >= 11 is 0. The fourth-order valence-electron chi connectivity index (χ4n) is 3.04. The molecule has 1 aliphatic rings. The van der Waals surface area contributed by atoms with Gasteiger partial charge in [0.2, 0.25) is 0 Å². The lowest BCUT2D eigenvalue weighted by Crippen LogP contribution is -2.41. The van der Waals surface area contributed by atoms with E-state index in [-0.39, 0.29) is 11.9 Å². The topological polar surface area (TPSA) is 46.9 Å². The van der Waals surface area contributed by atoms with Gasteiger partial charge in [-0.2, -0.15) is 0 Å². The number of amides is 1. The van der Waals surface area contributed by atoms with Crippen molar-refractivity contribution in [3.63, 3.8) is 0 Å². The Labute approximate surface area is 125 Å². The highest BCUT2D eigenvalue weighted by Gasteiger charge is 2.22. The van der Waals surface area contributed by atoms with Gasteiger partial charge in [0.25, 0.3) is 5.91 Å². The Morgan fingerprint density at radius 2 is 2.14 bits per heavy atom. The zero-order valence-corrected chi connectivity index (χ0v) is 12.8. The summed E-state index contributed by atoms with van der Waals surface area (Å²) in [7, 11) is 0. The van der Waals surface area contributed by atoms with Crippen LogP contribution in [0.4, 0.5) is 0 Å². The molecule has 1 amide bonds. The van der Waals surface area contributed by atoms with E-state index in [9.17, 15) is 4.79 Å². The molecule has 3 rings (SSSR count). The highest BCUT2D eigenvalue weighted by atomic mass is 16.1. The summed E-state index contributed by atoms with van der Waals surface area (Å²) in [6.45, 7) is 6.85. The van der Waals surface area contributed by atoms with Crippen LogP contribution in [0.15, 0.2) is 24.4 Å². The lowest BCUT2D eigenvalue weighted by Gasteiger charge is -2.25. The number of carbonyl (C=O) groups excluding carboxylic acids is 1. The molecule has 1 aromatic carbocycles. The summed E-state index contributed by atoms with van der Waals surface area (Å²) in [4.78, 5) is 16.9. The van der Waals surface area contributed by atoms with Crippen molar-refractivity contribution in [3.05, 3.63) is 52.6 Å². The predicted octanol–water partition coefficient (Wildman–Crippen LogP) is 2.55. The summed E-state index contributed by atoms with van der Waals surface area (Å²) in [5, 5.41) is 3.16. The number of aromatic nitrogens is 2. The van der Waals surface area contributed by atoms with Gasteiger partial charge in [-0.15, -0.1) is 0 Å². The third kappa shape index (κ3) is 2.84. The SMILES string of the molecule is Cc1ccc(C(=O)N[C@H]2CCc3nc(C)cn3C2)c(C)c1. The van der Waals surface area contributed by atoms with E-state index in [0.29, 0.717) is 0 Å². The molecular formula is C17H21N3O. The van der Waals surface area contributed by atoms with Crippen molar-refractivity contribution in [2.24, 2.45) is 0 Å². The molecule has 1 atom stereocenters. The highest BCUT2D eigenvalue weighted by molar-refractivity contribution is 5.95. The average Bonchev–Trinajstić information content (AvgIpc) is 2.77. The van der Waals surface area contributed by atoms with Crippen LogP contribution in [0.1, 0.15) is 39.4 Å². The van der Waals surface area contributed by atoms with Crippen LogP contribution in [0.3, 0.4) is 0 Å². The molecule has 0 radical (unpaired) electrons. The molecule has 2 aromatic rings. The van der Waals surface area contributed by atoms with E-state index in [1.807, 2.05) is 39.0 Å². The molecule has 0 aliphatic carbocycles. The van der Waals surface area contributed by atoms with Crippen molar-refractivity contribution >= 4 is 5.91 Å². The minimum atomic E-state index is 0.0257. The lowest BCUT2D eigenvalue weighted by molar-refractivity contribution is 0.0927. The molecule has 1 N–H and O–H groups in total. The first kappa shape index (κ1) is 13.9. The number of fused-ring (bicyclic) bond motifs is 1. The van der Waals surface area contributed by atoms with Crippen LogP contribution in [-0.4, -0.2) is 21.5 Å². The number of benzene rings is 1. The smallest absolute Gasteiger partial charge is 0.251 e. The van der Waals surface area contributed by atoms with Gasteiger partial charge in [-0.3, -0.25) is 4.79 Å². The van der Waals surface area contributed by atoms with Crippen LogP contribution < -0.4 is 5.32 Å². The lowest BCUT2D eigenvalue weighted by atomic mass is 10.0. The second kappa shape index (κ2) is 5.35. The van der Waals surface area contributed by atoms with Gasteiger partial charge in [-0.1, -0.05) is 17.7 Å². The van der Waals surface area contributed by atoms with Crippen LogP contribution in [0.25, 0.3) is 0 Å². The molecule has 4 nitrogen and oxygen atoms in total. The number of carbonyl (C=O) groups is 1. The molecule has 0 unspecified atom stereocenters. The molecule has 2 heterocycles. The first-order valence-corrected chi connectivity index (χ1v) is 7.43. The number of nitrogens with one attached hydrogen (secondary N) is 1. The summed E-state index contributed by atoms with van der Waals surface area (Å²) in [6.07, 6.45) is 3.93.